The van der Waals surface area contributed by atoms with Crippen LogP contribution in [-0.2, 0) is 49.4 Å². The third-order valence-electron chi connectivity index (χ3n) is 7.20. The van der Waals surface area contributed by atoms with Gasteiger partial charge in [0.25, 0.3) is 0 Å². The lowest BCUT2D eigenvalue weighted by Crippen LogP contribution is -3.00. The van der Waals surface area contributed by atoms with Crippen LogP contribution in [0.1, 0.15) is 44.5 Å². The van der Waals surface area contributed by atoms with E-state index in [1.54, 1.807) is 0 Å². The molecule has 0 N–H and O–H groups in total. The first-order valence-electron chi connectivity index (χ1n) is 13.2. The van der Waals surface area contributed by atoms with Crippen molar-refractivity contribution in [3.63, 3.8) is 0 Å². The van der Waals surface area contributed by atoms with E-state index in [9.17, 15) is 52.7 Å². The van der Waals surface area contributed by atoms with Gasteiger partial charge in [-0.2, -0.15) is 52.7 Å². The summed E-state index contributed by atoms with van der Waals surface area (Å²) < 4.78 is 159. The summed E-state index contributed by atoms with van der Waals surface area (Å²) in [4.78, 5) is 0. The van der Waals surface area contributed by atoms with Gasteiger partial charge >= 0.3 is 24.7 Å². The summed E-state index contributed by atoms with van der Waals surface area (Å²) in [5.41, 5.74) is -1.92. The lowest BCUT2D eigenvalue weighted by atomic mass is 10.1. The summed E-state index contributed by atoms with van der Waals surface area (Å²) >= 11 is 0. The van der Waals surface area contributed by atoms with E-state index in [1.807, 2.05) is 0 Å². The Morgan fingerprint density at radius 1 is 0.304 bits per heavy atom. The van der Waals surface area contributed by atoms with Crippen molar-refractivity contribution < 1.29 is 69.7 Å². The zero-order chi connectivity index (χ0) is 33.3. The molecule has 0 atom stereocenters. The number of rotatable bonds is 8. The number of hydrogen-bond donors (Lipinski definition) is 0. The number of alkyl halides is 12. The number of hydrogen-bond acceptors (Lipinski definition) is 0. The van der Waals surface area contributed by atoms with Gasteiger partial charge in [-0.25, -0.2) is 0 Å². The average molecular weight is 747 g/mol. The minimum Gasteiger partial charge on any atom is -1.00 e. The molecule has 46 heavy (non-hydrogen) atoms. The largest absolute Gasteiger partial charge is 1.00 e. The number of benzene rings is 4. The molecular formula is C32H24BrF12P. The predicted molar refractivity (Wildman–Crippen MR) is 148 cm³/mol. The van der Waals surface area contributed by atoms with Gasteiger partial charge in [-0.3, -0.25) is 0 Å². The lowest BCUT2D eigenvalue weighted by molar-refractivity contribution is -0.138. The number of halogens is 13. The van der Waals surface area contributed by atoms with Crippen molar-refractivity contribution in [1.29, 1.82) is 0 Å². The van der Waals surface area contributed by atoms with Gasteiger partial charge < -0.3 is 17.0 Å². The van der Waals surface area contributed by atoms with Crippen LogP contribution in [0.4, 0.5) is 52.7 Å². The van der Waals surface area contributed by atoms with E-state index in [0.717, 1.165) is 48.5 Å². The molecule has 0 heterocycles. The van der Waals surface area contributed by atoms with E-state index in [4.69, 9.17) is 0 Å². The van der Waals surface area contributed by atoms with Gasteiger partial charge in [0, 0.05) is 7.26 Å². The maximum atomic E-state index is 13.2. The van der Waals surface area contributed by atoms with Gasteiger partial charge in [0.1, 0.15) is 0 Å². The highest BCUT2D eigenvalue weighted by atomic mass is 79.9. The fourth-order valence-corrected chi connectivity index (χ4v) is 9.69. The van der Waals surface area contributed by atoms with Crippen LogP contribution in [-0.4, -0.2) is 0 Å². The molecule has 4 aromatic carbocycles. The molecule has 0 spiro atoms. The summed E-state index contributed by atoms with van der Waals surface area (Å²) in [7, 11) is -2.73. The maximum Gasteiger partial charge on any atom is 0.416 e. The molecular weight excluding hydrogens is 723 g/mol. The van der Waals surface area contributed by atoms with Crippen molar-refractivity contribution in [2.45, 2.75) is 49.4 Å². The Morgan fingerprint density at radius 3 is 0.587 bits per heavy atom. The molecule has 4 aromatic rings. The van der Waals surface area contributed by atoms with Crippen LogP contribution in [0.25, 0.3) is 0 Å². The molecule has 0 aromatic heterocycles. The van der Waals surface area contributed by atoms with Crippen LogP contribution in [0.15, 0.2) is 97.1 Å². The molecule has 0 aliphatic heterocycles. The van der Waals surface area contributed by atoms with Crippen LogP contribution in [0.3, 0.4) is 0 Å². The second-order valence-electron chi connectivity index (χ2n) is 10.8. The first-order valence-corrected chi connectivity index (χ1v) is 15.8. The highest BCUT2D eigenvalue weighted by Gasteiger charge is 2.41. The minimum atomic E-state index is -4.62. The summed E-state index contributed by atoms with van der Waals surface area (Å²) in [5, 5.41) is 0. The van der Waals surface area contributed by atoms with Crippen molar-refractivity contribution in [2.75, 3.05) is 0 Å². The Labute approximate surface area is 267 Å². The summed E-state index contributed by atoms with van der Waals surface area (Å²) in [6, 6.07) is 17.0. The summed E-state index contributed by atoms with van der Waals surface area (Å²) in [5.74, 6) is 0. The molecule has 0 saturated carbocycles. The highest BCUT2D eigenvalue weighted by Crippen LogP contribution is 2.69. The van der Waals surface area contributed by atoms with E-state index in [0.29, 0.717) is 22.3 Å². The van der Waals surface area contributed by atoms with E-state index >= 15 is 0 Å². The van der Waals surface area contributed by atoms with Gasteiger partial charge in [-0.1, -0.05) is 48.5 Å². The molecule has 0 unspecified atom stereocenters. The first-order chi connectivity index (χ1) is 20.7. The fourth-order valence-electron chi connectivity index (χ4n) is 5.08. The molecule has 0 nitrogen and oxygen atoms in total. The lowest BCUT2D eigenvalue weighted by Gasteiger charge is -2.29. The van der Waals surface area contributed by atoms with Crippen LogP contribution in [0.5, 0.6) is 0 Å². The quantitative estimate of drug-likeness (QED) is 0.125. The van der Waals surface area contributed by atoms with E-state index < -0.39 is 54.2 Å². The van der Waals surface area contributed by atoms with Crippen molar-refractivity contribution in [3.05, 3.63) is 142 Å². The van der Waals surface area contributed by atoms with Crippen LogP contribution >= 0.6 is 7.26 Å². The Kier molecular flexibility index (Phi) is 11.4. The summed E-state index contributed by atoms with van der Waals surface area (Å²) in [6.07, 6.45) is -18.1. The second kappa shape index (κ2) is 14.0. The Balaban J connectivity index is 0.00000576. The third-order valence-corrected chi connectivity index (χ3v) is 11.3. The third kappa shape index (κ3) is 9.97. The first kappa shape index (κ1) is 37.4. The van der Waals surface area contributed by atoms with Crippen molar-refractivity contribution >= 4 is 7.26 Å². The van der Waals surface area contributed by atoms with Crippen LogP contribution in [0, 0.1) is 0 Å². The van der Waals surface area contributed by atoms with Crippen LogP contribution in [0.2, 0.25) is 0 Å². The van der Waals surface area contributed by atoms with Crippen LogP contribution < -0.4 is 17.0 Å². The zero-order valence-corrected chi connectivity index (χ0v) is 25.9. The van der Waals surface area contributed by atoms with Gasteiger partial charge in [0.2, 0.25) is 0 Å². The summed E-state index contributed by atoms with van der Waals surface area (Å²) in [6.45, 7) is 0. The molecule has 0 aliphatic carbocycles. The zero-order valence-electron chi connectivity index (χ0n) is 23.4. The molecule has 0 bridgehead atoms. The smallest absolute Gasteiger partial charge is 0.416 e. The SMILES string of the molecule is FC(F)(F)c1ccc(C[P+](Cc2ccc(C(F)(F)F)cc2)(Cc2ccc(C(F)(F)F)cc2)Cc2ccc(C(F)(F)F)cc2)cc1.[Br-]. The molecule has 0 amide bonds. The fraction of sp³-hybridized carbons (Fsp3) is 0.250. The van der Waals surface area contributed by atoms with Crippen molar-refractivity contribution in [3.8, 4) is 0 Å². The monoisotopic (exact) mass is 746 g/mol. The molecule has 4 rings (SSSR count). The topological polar surface area (TPSA) is 0 Å². The highest BCUT2D eigenvalue weighted by molar-refractivity contribution is 7.72. The maximum absolute atomic E-state index is 13.2. The van der Waals surface area contributed by atoms with Gasteiger partial charge in [-0.15, -0.1) is 0 Å². The Bertz CT molecular complexity index is 1310. The average Bonchev–Trinajstić information content (AvgIpc) is 2.92. The molecule has 0 radical (unpaired) electrons. The van der Waals surface area contributed by atoms with Gasteiger partial charge in [0.05, 0.1) is 46.9 Å². The van der Waals surface area contributed by atoms with E-state index in [-0.39, 0.29) is 41.6 Å². The Hall–Kier alpha value is -3.05. The predicted octanol–water partition coefficient (Wildman–Crippen LogP) is 8.88. The second-order valence-corrected chi connectivity index (χ2v) is 14.7. The minimum absolute atomic E-state index is 0. The van der Waals surface area contributed by atoms with E-state index in [2.05, 4.69) is 0 Å². The molecule has 0 aliphatic rings. The van der Waals surface area contributed by atoms with Crippen molar-refractivity contribution in [1.82, 2.24) is 0 Å². The van der Waals surface area contributed by atoms with Gasteiger partial charge in [-0.05, 0) is 70.8 Å². The van der Waals surface area contributed by atoms with E-state index in [1.165, 1.54) is 48.5 Å². The van der Waals surface area contributed by atoms with Gasteiger partial charge in [0.15, 0.2) is 0 Å². The molecule has 14 heteroatoms. The van der Waals surface area contributed by atoms with Crippen molar-refractivity contribution in [2.24, 2.45) is 0 Å². The Morgan fingerprint density at radius 2 is 0.457 bits per heavy atom. The molecule has 0 saturated heterocycles. The molecule has 248 valence electrons. The normalized spacial score (nSPS) is 13.0. The standard InChI is InChI=1S/C32H24F12P.BrH/c33-29(34,35)25-9-1-21(2-10-25)17-45(18-22-3-11-26(12-4-22)30(36,37)38,19-23-5-13-27(14-6-23)31(39,40)41)20-24-7-15-28(16-8-24)32(42,43)44;/h1-16H,17-20H2;1H/q+1;/p-1. The molecule has 0 fully saturated rings.